The molecule has 7 heteroatoms. The standard InChI is InChI=1S/C27H21N3O4/c1-33-20-13-22(17-5-4-9-29-15-17)26-23(14-20)18(16-30(26)10-3-2-8-28)11-25-27(32)21-7-6-19(31)12-24(21)34-25/h4-7,9,11-16,31H,2-3,10H2,1H3/b25-11-. The quantitative estimate of drug-likeness (QED) is 0.314. The number of aromatic hydroxyl groups is 1. The van der Waals surface area contributed by atoms with Crippen molar-refractivity contribution in [3.05, 3.63) is 77.9 Å². The van der Waals surface area contributed by atoms with Crippen LogP contribution in [0, 0.1) is 11.3 Å². The van der Waals surface area contributed by atoms with Gasteiger partial charge in [0, 0.05) is 59.7 Å². The molecule has 0 aliphatic carbocycles. The zero-order chi connectivity index (χ0) is 23.7. The Balaban J connectivity index is 1.69. The number of benzene rings is 2. The Morgan fingerprint density at radius 3 is 2.88 bits per heavy atom. The fourth-order valence-electron chi connectivity index (χ4n) is 4.24. The number of rotatable bonds is 6. The van der Waals surface area contributed by atoms with Gasteiger partial charge in [-0.25, -0.2) is 0 Å². The zero-order valence-corrected chi connectivity index (χ0v) is 18.5. The molecule has 0 atom stereocenters. The molecule has 1 aliphatic rings. The van der Waals surface area contributed by atoms with Crippen molar-refractivity contribution in [2.45, 2.75) is 19.4 Å². The Bertz CT molecular complexity index is 1480. The summed E-state index contributed by atoms with van der Waals surface area (Å²) in [7, 11) is 1.61. The molecule has 1 N–H and O–H groups in total. The van der Waals surface area contributed by atoms with Crippen LogP contribution in [0.1, 0.15) is 28.8 Å². The SMILES string of the molecule is COc1cc(-c2cccnc2)c2c(c1)c(/C=C1\Oc3cc(O)ccc3C1=O)cn2CCCC#N. The third-order valence-corrected chi connectivity index (χ3v) is 5.81. The van der Waals surface area contributed by atoms with Crippen LogP contribution in [0.5, 0.6) is 17.2 Å². The van der Waals surface area contributed by atoms with E-state index in [2.05, 4.69) is 15.6 Å². The number of fused-ring (bicyclic) bond motifs is 2. The number of ketones is 1. The molecule has 5 rings (SSSR count). The Morgan fingerprint density at radius 2 is 2.12 bits per heavy atom. The van der Waals surface area contributed by atoms with Crippen LogP contribution < -0.4 is 9.47 Å². The number of methoxy groups -OCH3 is 1. The third kappa shape index (κ3) is 3.76. The summed E-state index contributed by atoms with van der Waals surface area (Å²) >= 11 is 0. The number of pyridine rings is 1. The van der Waals surface area contributed by atoms with Gasteiger partial charge in [0.15, 0.2) is 5.76 Å². The van der Waals surface area contributed by atoms with Crippen LogP contribution in [0.2, 0.25) is 0 Å². The fourth-order valence-corrected chi connectivity index (χ4v) is 4.24. The Labute approximate surface area is 196 Å². The van der Waals surface area contributed by atoms with Crippen LogP contribution >= 0.6 is 0 Å². The maximum atomic E-state index is 12.9. The van der Waals surface area contributed by atoms with Crippen LogP contribution in [0.4, 0.5) is 0 Å². The molecule has 0 radical (unpaired) electrons. The van der Waals surface area contributed by atoms with E-state index >= 15 is 0 Å². The molecule has 2 aromatic heterocycles. The molecule has 0 fully saturated rings. The van der Waals surface area contributed by atoms with E-state index < -0.39 is 0 Å². The summed E-state index contributed by atoms with van der Waals surface area (Å²) in [5.41, 5.74) is 4.03. The maximum Gasteiger partial charge on any atom is 0.231 e. The largest absolute Gasteiger partial charge is 0.508 e. The highest BCUT2D eigenvalue weighted by Crippen LogP contribution is 2.39. The van der Waals surface area contributed by atoms with E-state index in [-0.39, 0.29) is 17.3 Å². The number of nitrogens with zero attached hydrogens (tertiary/aromatic N) is 3. The molecule has 1 aliphatic heterocycles. The first-order valence-electron chi connectivity index (χ1n) is 10.8. The first-order chi connectivity index (χ1) is 16.6. The van der Waals surface area contributed by atoms with Gasteiger partial charge in [0.2, 0.25) is 5.78 Å². The zero-order valence-electron chi connectivity index (χ0n) is 18.5. The molecule has 4 aromatic rings. The average molecular weight is 451 g/mol. The topological polar surface area (TPSA) is 97.4 Å². The van der Waals surface area contributed by atoms with E-state index in [1.165, 1.54) is 12.1 Å². The number of hydrogen-bond donors (Lipinski definition) is 1. The van der Waals surface area contributed by atoms with Crippen LogP contribution in [-0.4, -0.2) is 27.6 Å². The predicted molar refractivity (Wildman–Crippen MR) is 128 cm³/mol. The van der Waals surface area contributed by atoms with E-state index in [1.54, 1.807) is 31.6 Å². The molecule has 0 bridgehead atoms. The molecule has 34 heavy (non-hydrogen) atoms. The lowest BCUT2D eigenvalue weighted by molar-refractivity contribution is 0.101. The summed E-state index contributed by atoms with van der Waals surface area (Å²) in [6.07, 6.45) is 8.33. The van der Waals surface area contributed by atoms with Crippen molar-refractivity contribution < 1.29 is 19.4 Å². The highest BCUT2D eigenvalue weighted by Gasteiger charge is 2.28. The predicted octanol–water partition coefficient (Wildman–Crippen LogP) is 5.34. The highest BCUT2D eigenvalue weighted by molar-refractivity contribution is 6.15. The van der Waals surface area contributed by atoms with Gasteiger partial charge in [-0.1, -0.05) is 6.07 Å². The van der Waals surface area contributed by atoms with E-state index in [1.807, 2.05) is 30.5 Å². The minimum absolute atomic E-state index is 0.0349. The monoisotopic (exact) mass is 451 g/mol. The summed E-state index contributed by atoms with van der Waals surface area (Å²) in [6.45, 7) is 0.635. The number of unbranched alkanes of at least 4 members (excludes halogenated alkanes) is 1. The van der Waals surface area contributed by atoms with E-state index in [4.69, 9.17) is 14.7 Å². The van der Waals surface area contributed by atoms with Crippen LogP contribution in [0.25, 0.3) is 28.1 Å². The summed E-state index contributed by atoms with van der Waals surface area (Å²) < 4.78 is 13.5. The molecule has 0 saturated heterocycles. The molecule has 0 unspecified atom stereocenters. The molecule has 2 aromatic carbocycles. The van der Waals surface area contributed by atoms with Crippen LogP contribution in [0.15, 0.2) is 66.8 Å². The van der Waals surface area contributed by atoms with Gasteiger partial charge in [0.1, 0.15) is 17.2 Å². The normalized spacial score (nSPS) is 13.6. The van der Waals surface area contributed by atoms with Crippen molar-refractivity contribution >= 4 is 22.8 Å². The Kier molecular flexibility index (Phi) is 5.48. The number of aryl methyl sites for hydroxylation is 1. The molecule has 0 saturated carbocycles. The lowest BCUT2D eigenvalue weighted by atomic mass is 10.0. The minimum Gasteiger partial charge on any atom is -0.508 e. The molecule has 168 valence electrons. The molecule has 3 heterocycles. The second-order valence-electron chi connectivity index (χ2n) is 7.97. The second-order valence-corrected chi connectivity index (χ2v) is 7.97. The number of phenols is 1. The average Bonchev–Trinajstić information content (AvgIpc) is 3.36. The Morgan fingerprint density at radius 1 is 1.24 bits per heavy atom. The van der Waals surface area contributed by atoms with Crippen molar-refractivity contribution in [1.82, 2.24) is 9.55 Å². The van der Waals surface area contributed by atoms with Gasteiger partial charge in [0.05, 0.1) is 24.3 Å². The van der Waals surface area contributed by atoms with Crippen molar-refractivity contribution in [2.75, 3.05) is 7.11 Å². The van der Waals surface area contributed by atoms with Crippen molar-refractivity contribution in [2.24, 2.45) is 0 Å². The first kappa shape index (κ1) is 21.3. The lowest BCUT2D eigenvalue weighted by Crippen LogP contribution is -1.98. The van der Waals surface area contributed by atoms with Gasteiger partial charge >= 0.3 is 0 Å². The van der Waals surface area contributed by atoms with Gasteiger partial charge in [-0.05, 0) is 42.8 Å². The van der Waals surface area contributed by atoms with Crippen LogP contribution in [-0.2, 0) is 6.54 Å². The van der Waals surface area contributed by atoms with Gasteiger partial charge in [-0.15, -0.1) is 0 Å². The maximum absolute atomic E-state index is 12.9. The van der Waals surface area contributed by atoms with Gasteiger partial charge in [0.25, 0.3) is 0 Å². The number of phenolic OH excluding ortho intramolecular Hbond substituents is 1. The lowest BCUT2D eigenvalue weighted by Gasteiger charge is -2.11. The molecular weight excluding hydrogens is 430 g/mol. The molecule has 7 nitrogen and oxygen atoms in total. The van der Waals surface area contributed by atoms with E-state index in [0.717, 1.165) is 27.6 Å². The number of carbonyl (C=O) groups is 1. The van der Waals surface area contributed by atoms with E-state index in [9.17, 15) is 9.90 Å². The smallest absolute Gasteiger partial charge is 0.231 e. The number of carbonyl (C=O) groups excluding carboxylic acids is 1. The van der Waals surface area contributed by atoms with Gasteiger partial charge in [-0.2, -0.15) is 5.26 Å². The number of aromatic nitrogens is 2. The summed E-state index contributed by atoms with van der Waals surface area (Å²) in [5, 5.41) is 19.7. The van der Waals surface area contributed by atoms with Crippen molar-refractivity contribution in [3.63, 3.8) is 0 Å². The van der Waals surface area contributed by atoms with Gasteiger partial charge < -0.3 is 19.1 Å². The van der Waals surface area contributed by atoms with Crippen molar-refractivity contribution in [3.8, 4) is 34.4 Å². The Hall–Kier alpha value is -4.57. The summed E-state index contributed by atoms with van der Waals surface area (Å²) in [6, 6.07) is 14.4. The molecule has 0 amide bonds. The van der Waals surface area contributed by atoms with E-state index in [0.29, 0.717) is 36.4 Å². The van der Waals surface area contributed by atoms with Crippen LogP contribution in [0.3, 0.4) is 0 Å². The highest BCUT2D eigenvalue weighted by atomic mass is 16.5. The number of allylic oxidation sites excluding steroid dienone is 1. The third-order valence-electron chi connectivity index (χ3n) is 5.81. The minimum atomic E-state index is -0.240. The summed E-state index contributed by atoms with van der Waals surface area (Å²) in [5.74, 6) is 0.987. The second kappa shape index (κ2) is 8.75. The first-order valence-corrected chi connectivity index (χ1v) is 10.8. The fraction of sp³-hybridized carbons (Fsp3) is 0.148. The number of nitriles is 1. The molecular formula is C27H21N3O4. The van der Waals surface area contributed by atoms with Crippen molar-refractivity contribution in [1.29, 1.82) is 5.26 Å². The van der Waals surface area contributed by atoms with Gasteiger partial charge in [-0.3, -0.25) is 9.78 Å². The summed E-state index contributed by atoms with van der Waals surface area (Å²) in [4.78, 5) is 17.2. The molecule has 0 spiro atoms. The number of Topliss-reactive ketones (excluding diaryl/α,β-unsaturated/α-hetero) is 1. The number of hydrogen-bond acceptors (Lipinski definition) is 6. The number of ether oxygens (including phenoxy) is 2.